The van der Waals surface area contributed by atoms with Gasteiger partial charge in [0, 0.05) is 16.4 Å². The SMILES string of the molecule is Cc1cc(Br)ccc1S(=O)(=O)Nc1c(NCc2ccccc2)c2ccccc2oc1=O. The number of halogens is 1. The lowest BCUT2D eigenvalue weighted by Gasteiger charge is -2.16. The number of hydrogen-bond donors (Lipinski definition) is 2. The van der Waals surface area contributed by atoms with Gasteiger partial charge in [0.25, 0.3) is 10.0 Å². The first-order valence-electron chi connectivity index (χ1n) is 9.48. The van der Waals surface area contributed by atoms with Gasteiger partial charge in [-0.1, -0.05) is 58.4 Å². The van der Waals surface area contributed by atoms with Crippen molar-refractivity contribution in [2.75, 3.05) is 10.0 Å². The number of nitrogens with one attached hydrogen (secondary N) is 2. The highest BCUT2D eigenvalue weighted by Crippen LogP contribution is 2.31. The van der Waals surface area contributed by atoms with Crippen molar-refractivity contribution in [2.45, 2.75) is 18.4 Å². The number of aryl methyl sites for hydroxylation is 1. The van der Waals surface area contributed by atoms with E-state index in [0.29, 0.717) is 28.8 Å². The minimum absolute atomic E-state index is 0.0808. The van der Waals surface area contributed by atoms with Crippen LogP contribution in [0.5, 0.6) is 0 Å². The normalized spacial score (nSPS) is 11.4. The van der Waals surface area contributed by atoms with Crippen LogP contribution < -0.4 is 15.7 Å². The van der Waals surface area contributed by atoms with Gasteiger partial charge in [-0.3, -0.25) is 4.72 Å². The predicted molar refractivity (Wildman–Crippen MR) is 126 cm³/mol. The molecule has 3 aromatic carbocycles. The molecule has 4 rings (SSSR count). The van der Waals surface area contributed by atoms with Crippen LogP contribution in [0, 0.1) is 6.92 Å². The minimum atomic E-state index is -4.03. The molecule has 0 saturated heterocycles. The Hall–Kier alpha value is -3.10. The number of hydrogen-bond acceptors (Lipinski definition) is 5. The maximum absolute atomic E-state index is 13.1. The lowest BCUT2D eigenvalue weighted by molar-refractivity contribution is 0.563. The van der Waals surface area contributed by atoms with Crippen LogP contribution in [0.1, 0.15) is 11.1 Å². The number of fused-ring (bicyclic) bond motifs is 1. The molecular formula is C23H19BrN2O4S. The molecule has 0 fully saturated rings. The van der Waals surface area contributed by atoms with Gasteiger partial charge >= 0.3 is 5.63 Å². The van der Waals surface area contributed by atoms with Crippen molar-refractivity contribution in [1.29, 1.82) is 0 Å². The molecule has 1 heterocycles. The Morgan fingerprint density at radius 1 is 0.935 bits per heavy atom. The summed E-state index contributed by atoms with van der Waals surface area (Å²) in [7, 11) is -4.03. The summed E-state index contributed by atoms with van der Waals surface area (Å²) in [5.41, 5.74) is 1.34. The summed E-state index contributed by atoms with van der Waals surface area (Å²) >= 11 is 3.33. The van der Waals surface area contributed by atoms with Gasteiger partial charge in [-0.05, 0) is 48.4 Å². The highest BCUT2D eigenvalue weighted by Gasteiger charge is 2.23. The topological polar surface area (TPSA) is 88.4 Å². The largest absolute Gasteiger partial charge is 0.421 e. The average molecular weight is 499 g/mol. The summed E-state index contributed by atoms with van der Waals surface area (Å²) in [6, 6.07) is 21.4. The molecule has 0 aliphatic heterocycles. The van der Waals surface area contributed by atoms with Gasteiger partial charge < -0.3 is 9.73 Å². The molecule has 0 radical (unpaired) electrons. The van der Waals surface area contributed by atoms with Gasteiger partial charge in [0.05, 0.1) is 10.6 Å². The van der Waals surface area contributed by atoms with Gasteiger partial charge in [0.15, 0.2) is 5.69 Å². The zero-order valence-corrected chi connectivity index (χ0v) is 19.0. The Morgan fingerprint density at radius 2 is 1.65 bits per heavy atom. The maximum atomic E-state index is 13.1. The fourth-order valence-electron chi connectivity index (χ4n) is 3.32. The van der Waals surface area contributed by atoms with Gasteiger partial charge in [0.2, 0.25) is 0 Å². The first kappa shape index (κ1) is 21.1. The Morgan fingerprint density at radius 3 is 2.39 bits per heavy atom. The van der Waals surface area contributed by atoms with Crippen LogP contribution in [0.2, 0.25) is 0 Å². The van der Waals surface area contributed by atoms with Crippen molar-refractivity contribution in [3.05, 3.63) is 98.8 Å². The zero-order chi connectivity index (χ0) is 22.0. The van der Waals surface area contributed by atoms with E-state index >= 15 is 0 Å². The highest BCUT2D eigenvalue weighted by atomic mass is 79.9. The number of sulfonamides is 1. The quantitative estimate of drug-likeness (QED) is 0.353. The van der Waals surface area contributed by atoms with E-state index < -0.39 is 15.6 Å². The summed E-state index contributed by atoms with van der Waals surface area (Å²) in [5.74, 6) is 0. The molecule has 4 aromatic rings. The molecule has 2 N–H and O–H groups in total. The Kier molecular flexibility index (Phi) is 5.84. The van der Waals surface area contributed by atoms with E-state index in [4.69, 9.17) is 4.42 Å². The molecule has 0 unspecified atom stereocenters. The maximum Gasteiger partial charge on any atom is 0.363 e. The van der Waals surface area contributed by atoms with Crippen molar-refractivity contribution >= 4 is 48.3 Å². The summed E-state index contributed by atoms with van der Waals surface area (Å²) in [5, 5.41) is 3.82. The molecule has 158 valence electrons. The third-order valence-electron chi connectivity index (χ3n) is 4.79. The van der Waals surface area contributed by atoms with Crippen molar-refractivity contribution in [3.8, 4) is 0 Å². The van der Waals surface area contributed by atoms with Crippen LogP contribution >= 0.6 is 15.9 Å². The van der Waals surface area contributed by atoms with Crippen molar-refractivity contribution in [2.24, 2.45) is 0 Å². The Labute approximate surface area is 188 Å². The van der Waals surface area contributed by atoms with Crippen molar-refractivity contribution in [1.82, 2.24) is 0 Å². The fraction of sp³-hybridized carbons (Fsp3) is 0.0870. The highest BCUT2D eigenvalue weighted by molar-refractivity contribution is 9.10. The lowest BCUT2D eigenvalue weighted by Crippen LogP contribution is -2.21. The van der Waals surface area contributed by atoms with Gasteiger partial charge in [-0.15, -0.1) is 0 Å². The van der Waals surface area contributed by atoms with Gasteiger partial charge in [-0.2, -0.15) is 0 Å². The van der Waals surface area contributed by atoms with Crippen LogP contribution in [0.3, 0.4) is 0 Å². The van der Waals surface area contributed by atoms with Crippen LogP contribution in [-0.4, -0.2) is 8.42 Å². The molecule has 0 bridgehead atoms. The molecule has 31 heavy (non-hydrogen) atoms. The number of para-hydroxylation sites is 1. The molecule has 0 amide bonds. The fourth-order valence-corrected chi connectivity index (χ4v) is 5.09. The minimum Gasteiger partial charge on any atom is -0.421 e. The smallest absolute Gasteiger partial charge is 0.363 e. The van der Waals surface area contributed by atoms with Crippen LogP contribution in [0.25, 0.3) is 11.0 Å². The monoisotopic (exact) mass is 498 g/mol. The van der Waals surface area contributed by atoms with E-state index in [1.807, 2.05) is 30.3 Å². The van der Waals surface area contributed by atoms with E-state index in [-0.39, 0.29) is 10.6 Å². The Balaban J connectivity index is 1.81. The van der Waals surface area contributed by atoms with E-state index in [2.05, 4.69) is 26.0 Å². The molecular weight excluding hydrogens is 480 g/mol. The molecule has 8 heteroatoms. The second kappa shape index (κ2) is 8.56. The van der Waals surface area contributed by atoms with Gasteiger partial charge in [-0.25, -0.2) is 13.2 Å². The van der Waals surface area contributed by atoms with E-state index in [1.165, 1.54) is 6.07 Å². The number of benzene rings is 3. The van der Waals surface area contributed by atoms with Crippen LogP contribution in [0.4, 0.5) is 11.4 Å². The summed E-state index contributed by atoms with van der Waals surface area (Å²) < 4.78 is 34.8. The van der Waals surface area contributed by atoms with Gasteiger partial charge in [0.1, 0.15) is 5.58 Å². The van der Waals surface area contributed by atoms with Crippen LogP contribution in [-0.2, 0) is 16.6 Å². The molecule has 0 spiro atoms. The summed E-state index contributed by atoms with van der Waals surface area (Å²) in [4.78, 5) is 12.9. The van der Waals surface area contributed by atoms with E-state index in [1.54, 1.807) is 43.3 Å². The zero-order valence-electron chi connectivity index (χ0n) is 16.6. The number of anilines is 2. The molecule has 0 saturated carbocycles. The van der Waals surface area contributed by atoms with Crippen LogP contribution in [0.15, 0.2) is 91.4 Å². The average Bonchev–Trinajstić information content (AvgIpc) is 2.74. The molecule has 0 atom stereocenters. The standard InChI is InChI=1S/C23H19BrN2O4S/c1-15-13-17(24)11-12-20(15)31(28,29)26-22-21(25-14-16-7-3-2-4-8-16)18-9-5-6-10-19(18)30-23(22)27/h2-13,25-26H,14H2,1H3. The molecule has 0 aliphatic rings. The third-order valence-corrected chi connectivity index (χ3v) is 6.79. The Bertz CT molecular complexity index is 1420. The number of rotatable bonds is 6. The van der Waals surface area contributed by atoms with Crippen molar-refractivity contribution in [3.63, 3.8) is 0 Å². The first-order chi connectivity index (χ1) is 14.8. The third kappa shape index (κ3) is 4.50. The summed E-state index contributed by atoms with van der Waals surface area (Å²) in [6.45, 7) is 2.09. The first-order valence-corrected chi connectivity index (χ1v) is 11.8. The van der Waals surface area contributed by atoms with E-state index in [0.717, 1.165) is 10.0 Å². The van der Waals surface area contributed by atoms with E-state index in [9.17, 15) is 13.2 Å². The predicted octanol–water partition coefficient (Wildman–Crippen LogP) is 5.28. The molecule has 1 aromatic heterocycles. The molecule has 6 nitrogen and oxygen atoms in total. The molecule has 0 aliphatic carbocycles. The second-order valence-electron chi connectivity index (χ2n) is 6.99. The second-order valence-corrected chi connectivity index (χ2v) is 9.56. The lowest BCUT2D eigenvalue weighted by atomic mass is 10.1. The van der Waals surface area contributed by atoms with Crippen molar-refractivity contribution < 1.29 is 12.8 Å². The summed E-state index contributed by atoms with van der Waals surface area (Å²) in [6.07, 6.45) is 0.